The fourth-order valence-corrected chi connectivity index (χ4v) is 1.68. The molecule has 0 bridgehead atoms. The zero-order valence-corrected chi connectivity index (χ0v) is 10.5. The Hall–Kier alpha value is -0.860. The Morgan fingerprint density at radius 2 is 1.88 bits per heavy atom. The van der Waals surface area contributed by atoms with Crippen molar-refractivity contribution < 1.29 is 14.3 Å². The first-order valence-corrected chi connectivity index (χ1v) is 6.29. The highest BCUT2D eigenvalue weighted by molar-refractivity contribution is 5.65. The molecule has 0 amide bonds. The summed E-state index contributed by atoms with van der Waals surface area (Å²) in [5, 5.41) is 0. The maximum atomic E-state index is 10.8. The largest absolute Gasteiger partial charge is 0.466 e. The van der Waals surface area contributed by atoms with Gasteiger partial charge in [-0.3, -0.25) is 4.79 Å². The summed E-state index contributed by atoms with van der Waals surface area (Å²) < 4.78 is 4.82. The highest BCUT2D eigenvalue weighted by atomic mass is 16.5. The van der Waals surface area contributed by atoms with Gasteiger partial charge in [0.15, 0.2) is 0 Å². The number of unbranched alkanes of at least 4 members (excludes halogenated alkanes) is 3. The second kappa shape index (κ2) is 10.7. The lowest BCUT2D eigenvalue weighted by Crippen LogP contribution is -2.06. The van der Waals surface area contributed by atoms with E-state index in [1.807, 2.05) is 0 Å². The Labute approximate surface area is 98.6 Å². The molecule has 0 aliphatic carbocycles. The van der Waals surface area contributed by atoms with E-state index in [0.29, 0.717) is 6.61 Å². The summed E-state index contributed by atoms with van der Waals surface area (Å²) in [6.45, 7) is 4.02. The van der Waals surface area contributed by atoms with Gasteiger partial charge < -0.3 is 9.53 Å². The third-order valence-electron chi connectivity index (χ3n) is 2.65. The number of esters is 1. The van der Waals surface area contributed by atoms with Gasteiger partial charge in [0.2, 0.25) is 0 Å². The minimum absolute atomic E-state index is 0.146. The Kier molecular flexibility index (Phi) is 10.1. The lowest BCUT2D eigenvalue weighted by atomic mass is 9.97. The molecular weight excluding hydrogens is 204 g/mol. The Balaban J connectivity index is 3.43. The van der Waals surface area contributed by atoms with Crippen molar-refractivity contribution >= 4 is 12.3 Å². The minimum Gasteiger partial charge on any atom is -0.466 e. The maximum absolute atomic E-state index is 10.8. The van der Waals surface area contributed by atoms with Crippen molar-refractivity contribution in [2.45, 2.75) is 58.8 Å². The zero-order chi connectivity index (χ0) is 12.2. The molecule has 3 nitrogen and oxygen atoms in total. The number of hydrogen-bond acceptors (Lipinski definition) is 3. The van der Waals surface area contributed by atoms with Crippen LogP contribution in [0.1, 0.15) is 58.8 Å². The van der Waals surface area contributed by atoms with Gasteiger partial charge in [-0.25, -0.2) is 0 Å². The average molecular weight is 228 g/mol. The molecule has 0 heterocycles. The number of aldehydes is 1. The van der Waals surface area contributed by atoms with Gasteiger partial charge in [0.25, 0.3) is 0 Å². The molecule has 0 spiro atoms. The van der Waals surface area contributed by atoms with Crippen LogP contribution in [-0.4, -0.2) is 18.9 Å². The predicted octanol–water partition coefficient (Wildman–Crippen LogP) is 3.12. The first-order chi connectivity index (χ1) is 7.70. The molecule has 16 heavy (non-hydrogen) atoms. The van der Waals surface area contributed by atoms with Crippen LogP contribution in [0.2, 0.25) is 0 Å². The molecule has 1 atom stereocenters. The van der Waals surface area contributed by atoms with Gasteiger partial charge in [-0.2, -0.15) is 0 Å². The van der Waals surface area contributed by atoms with E-state index >= 15 is 0 Å². The normalized spacial score (nSPS) is 12.1. The van der Waals surface area contributed by atoms with Crippen LogP contribution >= 0.6 is 0 Å². The first kappa shape index (κ1) is 15.1. The number of carbonyl (C=O) groups excluding carboxylic acids is 2. The minimum atomic E-state index is -0.245. The Morgan fingerprint density at radius 1 is 1.19 bits per heavy atom. The maximum Gasteiger partial charge on any atom is 0.302 e. The number of carbonyl (C=O) groups is 2. The van der Waals surface area contributed by atoms with Crippen LogP contribution in [0.25, 0.3) is 0 Å². The molecule has 1 unspecified atom stereocenters. The summed E-state index contributed by atoms with van der Waals surface area (Å²) in [7, 11) is 0. The average Bonchev–Trinajstić information content (AvgIpc) is 2.26. The van der Waals surface area contributed by atoms with Crippen LogP contribution < -0.4 is 0 Å². The van der Waals surface area contributed by atoms with Crippen molar-refractivity contribution in [3.05, 3.63) is 0 Å². The number of rotatable bonds is 10. The van der Waals surface area contributed by atoms with Crippen LogP contribution in [0.3, 0.4) is 0 Å². The standard InChI is InChI=1S/C13H24O3/c1-3-4-5-6-8-13(11-14)9-7-10-16-12(2)15/h11,13H,3-10H2,1-2H3. The fraction of sp³-hybridized carbons (Fsp3) is 0.846. The van der Waals surface area contributed by atoms with Crippen LogP contribution in [0.5, 0.6) is 0 Å². The summed E-state index contributed by atoms with van der Waals surface area (Å²) >= 11 is 0. The summed E-state index contributed by atoms with van der Waals surface area (Å²) in [6, 6.07) is 0. The summed E-state index contributed by atoms with van der Waals surface area (Å²) in [4.78, 5) is 21.3. The SMILES string of the molecule is CCCCCCC(C=O)CCCOC(C)=O. The molecule has 0 N–H and O–H groups in total. The molecule has 0 rings (SSSR count). The summed E-state index contributed by atoms with van der Waals surface area (Å²) in [5.41, 5.74) is 0. The van der Waals surface area contributed by atoms with Gasteiger partial charge in [-0.1, -0.05) is 32.6 Å². The molecule has 0 aliphatic rings. The Bertz CT molecular complexity index is 190. The molecule has 0 aromatic rings. The van der Waals surface area contributed by atoms with Crippen LogP contribution in [0.4, 0.5) is 0 Å². The molecule has 0 fully saturated rings. The first-order valence-electron chi connectivity index (χ1n) is 6.29. The predicted molar refractivity (Wildman–Crippen MR) is 64.2 cm³/mol. The monoisotopic (exact) mass is 228 g/mol. The molecule has 0 aliphatic heterocycles. The topological polar surface area (TPSA) is 43.4 Å². The van der Waals surface area contributed by atoms with Gasteiger partial charge in [-0.15, -0.1) is 0 Å². The molecule has 0 aromatic heterocycles. The van der Waals surface area contributed by atoms with Gasteiger partial charge in [-0.05, 0) is 19.3 Å². The van der Waals surface area contributed by atoms with Gasteiger partial charge in [0.05, 0.1) is 6.61 Å². The highest BCUT2D eigenvalue weighted by Gasteiger charge is 2.07. The van der Waals surface area contributed by atoms with Crippen LogP contribution in [0, 0.1) is 5.92 Å². The molecule has 0 radical (unpaired) electrons. The van der Waals surface area contributed by atoms with Crippen molar-refractivity contribution in [2.24, 2.45) is 5.92 Å². The Morgan fingerprint density at radius 3 is 2.44 bits per heavy atom. The van der Waals surface area contributed by atoms with E-state index in [1.165, 1.54) is 26.2 Å². The van der Waals surface area contributed by atoms with Crippen molar-refractivity contribution in [1.82, 2.24) is 0 Å². The van der Waals surface area contributed by atoms with Gasteiger partial charge >= 0.3 is 5.97 Å². The molecular formula is C13H24O3. The molecule has 0 aromatic carbocycles. The third kappa shape index (κ3) is 9.69. The van der Waals surface area contributed by atoms with Gasteiger partial charge in [0.1, 0.15) is 6.29 Å². The van der Waals surface area contributed by atoms with E-state index in [0.717, 1.165) is 32.0 Å². The lowest BCUT2D eigenvalue weighted by molar-refractivity contribution is -0.141. The third-order valence-corrected chi connectivity index (χ3v) is 2.65. The van der Waals surface area contributed by atoms with Crippen molar-refractivity contribution in [1.29, 1.82) is 0 Å². The molecule has 0 saturated carbocycles. The summed E-state index contributed by atoms with van der Waals surface area (Å²) in [5.74, 6) is -0.0991. The smallest absolute Gasteiger partial charge is 0.302 e. The van der Waals surface area contributed by atoms with E-state index in [-0.39, 0.29) is 11.9 Å². The molecule has 3 heteroatoms. The number of hydrogen-bond donors (Lipinski definition) is 0. The van der Waals surface area contributed by atoms with Crippen molar-refractivity contribution in [3.63, 3.8) is 0 Å². The van der Waals surface area contributed by atoms with E-state index in [1.54, 1.807) is 0 Å². The fourth-order valence-electron chi connectivity index (χ4n) is 1.68. The molecule has 94 valence electrons. The van der Waals surface area contributed by atoms with Gasteiger partial charge in [0, 0.05) is 12.8 Å². The highest BCUT2D eigenvalue weighted by Crippen LogP contribution is 2.14. The van der Waals surface area contributed by atoms with Crippen LogP contribution in [-0.2, 0) is 14.3 Å². The second-order valence-electron chi connectivity index (χ2n) is 4.23. The second-order valence-corrected chi connectivity index (χ2v) is 4.23. The lowest BCUT2D eigenvalue weighted by Gasteiger charge is -2.09. The zero-order valence-electron chi connectivity index (χ0n) is 10.5. The molecule has 0 saturated heterocycles. The number of ether oxygens (including phenoxy) is 1. The van der Waals surface area contributed by atoms with E-state index in [9.17, 15) is 9.59 Å². The van der Waals surface area contributed by atoms with Crippen LogP contribution in [0.15, 0.2) is 0 Å². The quantitative estimate of drug-likeness (QED) is 0.328. The summed E-state index contributed by atoms with van der Waals surface area (Å²) in [6.07, 6.45) is 8.45. The van der Waals surface area contributed by atoms with Crippen molar-refractivity contribution in [2.75, 3.05) is 6.61 Å². The van der Waals surface area contributed by atoms with E-state index in [4.69, 9.17) is 4.74 Å². The van der Waals surface area contributed by atoms with E-state index in [2.05, 4.69) is 6.92 Å². The van der Waals surface area contributed by atoms with Crippen molar-refractivity contribution in [3.8, 4) is 0 Å². The van der Waals surface area contributed by atoms with E-state index < -0.39 is 0 Å².